The summed E-state index contributed by atoms with van der Waals surface area (Å²) in [6.45, 7) is 0.0807. The monoisotopic (exact) mass is 144 g/mol. The highest BCUT2D eigenvalue weighted by Crippen LogP contribution is 2.16. The van der Waals surface area contributed by atoms with E-state index in [1.807, 2.05) is 0 Å². The maximum atomic E-state index is 8.55. The second kappa shape index (κ2) is 3.91. The predicted octanol–water partition coefficient (Wildman–Crippen LogP) is -0.204. The molecule has 10 heavy (non-hydrogen) atoms. The van der Waals surface area contributed by atoms with Crippen molar-refractivity contribution in [3.8, 4) is 0 Å². The van der Waals surface area contributed by atoms with Gasteiger partial charge in [-0.2, -0.15) is 0 Å². The van der Waals surface area contributed by atoms with Crippen LogP contribution < -0.4 is 11.1 Å². The van der Waals surface area contributed by atoms with Gasteiger partial charge in [-0.1, -0.05) is 6.42 Å². The normalized spacial score (nSPS) is 34.2. The fourth-order valence-electron chi connectivity index (χ4n) is 1.54. The first-order valence-electron chi connectivity index (χ1n) is 3.92. The highest BCUT2D eigenvalue weighted by atomic mass is 16.3. The first-order valence-corrected chi connectivity index (χ1v) is 3.92. The molecule has 4 N–H and O–H groups in total. The molecule has 1 fully saturated rings. The van der Waals surface area contributed by atoms with Crippen LogP contribution in [-0.2, 0) is 0 Å². The lowest BCUT2D eigenvalue weighted by atomic mass is 9.92. The molecule has 0 saturated heterocycles. The fourth-order valence-corrected chi connectivity index (χ4v) is 1.54. The molecule has 60 valence electrons. The Labute approximate surface area is 61.6 Å². The Balaban J connectivity index is 2.18. The van der Waals surface area contributed by atoms with Gasteiger partial charge in [-0.05, 0) is 19.3 Å². The average Bonchev–Trinajstić information content (AvgIpc) is 1.88. The topological polar surface area (TPSA) is 58.3 Å². The zero-order valence-electron chi connectivity index (χ0n) is 6.21. The predicted molar refractivity (Wildman–Crippen MR) is 40.5 cm³/mol. The summed E-state index contributed by atoms with van der Waals surface area (Å²) in [7, 11) is 0. The van der Waals surface area contributed by atoms with E-state index in [9.17, 15) is 0 Å². The molecule has 0 heterocycles. The molecule has 0 aromatic heterocycles. The Hall–Kier alpha value is -0.120. The number of hydrogen-bond donors (Lipinski definition) is 3. The van der Waals surface area contributed by atoms with Crippen LogP contribution in [0.15, 0.2) is 0 Å². The Bertz CT molecular complexity index is 95.6. The van der Waals surface area contributed by atoms with Gasteiger partial charge < -0.3 is 10.8 Å². The fraction of sp³-hybridized carbons (Fsp3) is 1.00. The van der Waals surface area contributed by atoms with Crippen LogP contribution in [0.4, 0.5) is 0 Å². The lowest BCUT2D eigenvalue weighted by Gasteiger charge is -2.26. The standard InChI is InChI=1S/C7H16N2O/c8-6-2-1-3-7(4-6)9-5-10/h6-7,9-10H,1-5,8H2/t6-,7+/m1/s1. The van der Waals surface area contributed by atoms with Crippen LogP contribution in [0.1, 0.15) is 25.7 Å². The van der Waals surface area contributed by atoms with Gasteiger partial charge in [0.05, 0.1) is 6.73 Å². The quantitative estimate of drug-likeness (QED) is 0.470. The number of hydrogen-bond acceptors (Lipinski definition) is 3. The van der Waals surface area contributed by atoms with E-state index in [0.717, 1.165) is 19.3 Å². The largest absolute Gasteiger partial charge is 0.381 e. The van der Waals surface area contributed by atoms with Crippen LogP contribution in [-0.4, -0.2) is 23.9 Å². The molecule has 1 aliphatic carbocycles. The molecule has 0 amide bonds. The lowest BCUT2D eigenvalue weighted by Crippen LogP contribution is -2.39. The Morgan fingerprint density at radius 1 is 1.50 bits per heavy atom. The van der Waals surface area contributed by atoms with Crippen molar-refractivity contribution in [3.63, 3.8) is 0 Å². The van der Waals surface area contributed by atoms with Crippen LogP contribution in [0.5, 0.6) is 0 Å². The molecular weight excluding hydrogens is 128 g/mol. The molecule has 0 radical (unpaired) electrons. The summed E-state index contributed by atoms with van der Waals surface area (Å²) in [6, 6.07) is 0.798. The van der Waals surface area contributed by atoms with Gasteiger partial charge in [0, 0.05) is 12.1 Å². The number of rotatable bonds is 2. The maximum Gasteiger partial charge on any atom is 0.0933 e. The summed E-state index contributed by atoms with van der Waals surface area (Å²) in [6.07, 6.45) is 4.51. The van der Waals surface area contributed by atoms with Crippen LogP contribution in [0.25, 0.3) is 0 Å². The average molecular weight is 144 g/mol. The highest BCUT2D eigenvalue weighted by molar-refractivity contribution is 4.78. The third-order valence-electron chi connectivity index (χ3n) is 2.09. The van der Waals surface area contributed by atoms with E-state index in [1.54, 1.807) is 0 Å². The number of aliphatic hydroxyl groups is 1. The minimum Gasteiger partial charge on any atom is -0.381 e. The van der Waals surface area contributed by atoms with Crippen molar-refractivity contribution >= 4 is 0 Å². The Kier molecular flexibility index (Phi) is 3.12. The minimum atomic E-state index is 0.0807. The molecular formula is C7H16N2O. The van der Waals surface area contributed by atoms with Crippen molar-refractivity contribution in [2.24, 2.45) is 5.73 Å². The third kappa shape index (κ3) is 2.25. The second-order valence-electron chi connectivity index (χ2n) is 2.99. The molecule has 0 spiro atoms. The van der Waals surface area contributed by atoms with Crippen LogP contribution in [0.3, 0.4) is 0 Å². The summed E-state index contributed by atoms with van der Waals surface area (Å²) in [5.41, 5.74) is 5.73. The molecule has 3 heteroatoms. The molecule has 1 aliphatic rings. The SMILES string of the molecule is N[C@@H]1CCC[C@H](NCO)C1. The van der Waals surface area contributed by atoms with E-state index in [0.29, 0.717) is 12.1 Å². The molecule has 3 nitrogen and oxygen atoms in total. The minimum absolute atomic E-state index is 0.0807. The number of nitrogens with one attached hydrogen (secondary N) is 1. The first-order chi connectivity index (χ1) is 4.83. The molecule has 0 bridgehead atoms. The van der Waals surface area contributed by atoms with E-state index in [4.69, 9.17) is 10.8 Å². The van der Waals surface area contributed by atoms with E-state index < -0.39 is 0 Å². The van der Waals surface area contributed by atoms with Crippen molar-refractivity contribution in [1.82, 2.24) is 5.32 Å². The van der Waals surface area contributed by atoms with Crippen LogP contribution in [0, 0.1) is 0 Å². The summed E-state index contributed by atoms with van der Waals surface area (Å²) < 4.78 is 0. The molecule has 2 atom stereocenters. The van der Waals surface area contributed by atoms with Gasteiger partial charge in [-0.25, -0.2) is 0 Å². The zero-order valence-corrected chi connectivity index (χ0v) is 6.21. The van der Waals surface area contributed by atoms with Gasteiger partial charge in [0.15, 0.2) is 0 Å². The van der Waals surface area contributed by atoms with Crippen LogP contribution in [0.2, 0.25) is 0 Å². The number of aliphatic hydroxyl groups excluding tert-OH is 1. The summed E-state index contributed by atoms with van der Waals surface area (Å²) in [4.78, 5) is 0. The van der Waals surface area contributed by atoms with Crippen molar-refractivity contribution in [2.75, 3.05) is 6.73 Å². The summed E-state index contributed by atoms with van der Waals surface area (Å²) >= 11 is 0. The van der Waals surface area contributed by atoms with Crippen LogP contribution >= 0.6 is 0 Å². The van der Waals surface area contributed by atoms with Crippen molar-refractivity contribution < 1.29 is 5.11 Å². The molecule has 0 aromatic rings. The molecule has 0 aromatic carbocycles. The third-order valence-corrected chi connectivity index (χ3v) is 2.09. The Morgan fingerprint density at radius 3 is 2.90 bits per heavy atom. The molecule has 1 rings (SSSR count). The van der Waals surface area contributed by atoms with E-state index in [-0.39, 0.29) is 6.73 Å². The van der Waals surface area contributed by atoms with Crippen molar-refractivity contribution in [3.05, 3.63) is 0 Å². The lowest BCUT2D eigenvalue weighted by molar-refractivity contribution is 0.216. The van der Waals surface area contributed by atoms with E-state index >= 15 is 0 Å². The zero-order chi connectivity index (χ0) is 7.40. The van der Waals surface area contributed by atoms with Gasteiger partial charge >= 0.3 is 0 Å². The van der Waals surface area contributed by atoms with Gasteiger partial charge in [0.1, 0.15) is 0 Å². The van der Waals surface area contributed by atoms with Gasteiger partial charge in [0.2, 0.25) is 0 Å². The highest BCUT2D eigenvalue weighted by Gasteiger charge is 2.17. The van der Waals surface area contributed by atoms with Gasteiger partial charge in [-0.15, -0.1) is 0 Å². The smallest absolute Gasteiger partial charge is 0.0933 e. The summed E-state index contributed by atoms with van der Waals surface area (Å²) in [5.74, 6) is 0. The van der Waals surface area contributed by atoms with Crippen molar-refractivity contribution in [1.29, 1.82) is 0 Å². The molecule has 0 unspecified atom stereocenters. The first kappa shape index (κ1) is 7.98. The Morgan fingerprint density at radius 2 is 2.30 bits per heavy atom. The second-order valence-corrected chi connectivity index (χ2v) is 2.99. The summed E-state index contributed by atoms with van der Waals surface area (Å²) in [5, 5.41) is 11.5. The van der Waals surface area contributed by atoms with E-state index in [1.165, 1.54) is 6.42 Å². The van der Waals surface area contributed by atoms with Crippen molar-refractivity contribution in [2.45, 2.75) is 37.8 Å². The van der Waals surface area contributed by atoms with Gasteiger partial charge in [0.25, 0.3) is 0 Å². The molecule has 0 aliphatic heterocycles. The van der Waals surface area contributed by atoms with Gasteiger partial charge in [-0.3, -0.25) is 5.32 Å². The van der Waals surface area contributed by atoms with E-state index in [2.05, 4.69) is 5.32 Å². The molecule has 1 saturated carbocycles. The number of nitrogens with two attached hydrogens (primary N) is 1. The maximum absolute atomic E-state index is 8.55.